The minimum absolute atomic E-state index is 0.0382. The van der Waals surface area contributed by atoms with Gasteiger partial charge in [-0.15, -0.1) is 0 Å². The molecule has 1 saturated heterocycles. The van der Waals surface area contributed by atoms with Crippen LogP contribution in [0.25, 0.3) is 0 Å². The number of nitrogens with zero attached hydrogens (tertiary/aromatic N) is 2. The van der Waals surface area contributed by atoms with E-state index in [1.54, 1.807) is 11.0 Å². The first-order valence-corrected chi connectivity index (χ1v) is 8.15. The van der Waals surface area contributed by atoms with Crippen LogP contribution in [0.5, 0.6) is 0 Å². The van der Waals surface area contributed by atoms with Crippen LogP contribution in [0.4, 0.5) is 5.69 Å². The summed E-state index contributed by atoms with van der Waals surface area (Å²) in [6, 6.07) is 5.42. The summed E-state index contributed by atoms with van der Waals surface area (Å²) in [7, 11) is 0. The second-order valence-corrected chi connectivity index (χ2v) is 6.05. The third-order valence-electron chi connectivity index (χ3n) is 3.71. The van der Waals surface area contributed by atoms with E-state index >= 15 is 0 Å². The highest BCUT2D eigenvalue weighted by Gasteiger charge is 2.22. The minimum Gasteiger partial charge on any atom is -0.367 e. The van der Waals surface area contributed by atoms with Gasteiger partial charge in [0.1, 0.15) is 0 Å². The number of amides is 2. The van der Waals surface area contributed by atoms with Crippen molar-refractivity contribution in [2.75, 3.05) is 37.6 Å². The third-order valence-corrected chi connectivity index (χ3v) is 4.24. The van der Waals surface area contributed by atoms with Crippen molar-refractivity contribution in [3.8, 4) is 0 Å². The van der Waals surface area contributed by atoms with Crippen LogP contribution in [0.15, 0.2) is 30.9 Å². The molecule has 2 amide bonds. The Kier molecular flexibility index (Phi) is 6.30. The zero-order valence-corrected chi connectivity index (χ0v) is 14.2. The lowest BCUT2D eigenvalue weighted by atomic mass is 10.2. The van der Waals surface area contributed by atoms with Crippen LogP contribution < -0.4 is 10.2 Å². The quantitative estimate of drug-likeness (QED) is 0.824. The molecule has 0 aromatic heterocycles. The standard InChI is InChI=1S/C16H19Cl2N3O2/c1-2-15(22)19-6-5-16(23)21-9-7-20(8-10-21)14-4-3-12(17)11-13(14)18/h2-4,11H,1,5-10H2,(H,19,22). The van der Waals surface area contributed by atoms with Gasteiger partial charge in [-0.1, -0.05) is 29.8 Å². The fraction of sp³-hybridized carbons (Fsp3) is 0.375. The van der Waals surface area contributed by atoms with E-state index in [1.165, 1.54) is 6.08 Å². The smallest absolute Gasteiger partial charge is 0.243 e. The van der Waals surface area contributed by atoms with Crippen LogP contribution in [0.2, 0.25) is 10.0 Å². The van der Waals surface area contributed by atoms with Crippen LogP contribution in [-0.2, 0) is 9.59 Å². The Morgan fingerprint density at radius 1 is 1.22 bits per heavy atom. The van der Waals surface area contributed by atoms with Crippen molar-refractivity contribution in [2.24, 2.45) is 0 Å². The lowest BCUT2D eigenvalue weighted by Gasteiger charge is -2.36. The van der Waals surface area contributed by atoms with E-state index < -0.39 is 0 Å². The van der Waals surface area contributed by atoms with Gasteiger partial charge in [-0.3, -0.25) is 9.59 Å². The Bertz CT molecular complexity index is 599. The summed E-state index contributed by atoms with van der Waals surface area (Å²) in [6.45, 7) is 6.39. The monoisotopic (exact) mass is 355 g/mol. The molecule has 5 nitrogen and oxygen atoms in total. The molecular weight excluding hydrogens is 337 g/mol. The fourth-order valence-electron chi connectivity index (χ4n) is 2.46. The number of piperazine rings is 1. The van der Waals surface area contributed by atoms with Crippen molar-refractivity contribution in [3.05, 3.63) is 40.9 Å². The average Bonchev–Trinajstić information content (AvgIpc) is 2.54. The van der Waals surface area contributed by atoms with Crippen LogP contribution in [0.1, 0.15) is 6.42 Å². The van der Waals surface area contributed by atoms with Gasteiger partial charge in [-0.25, -0.2) is 0 Å². The molecule has 1 aliphatic rings. The maximum absolute atomic E-state index is 12.1. The average molecular weight is 356 g/mol. The Balaban J connectivity index is 1.82. The molecule has 7 heteroatoms. The molecule has 1 aromatic carbocycles. The maximum Gasteiger partial charge on any atom is 0.243 e. The van der Waals surface area contributed by atoms with E-state index in [0.717, 1.165) is 5.69 Å². The number of carbonyl (C=O) groups excluding carboxylic acids is 2. The van der Waals surface area contributed by atoms with Crippen LogP contribution >= 0.6 is 23.2 Å². The summed E-state index contributed by atoms with van der Waals surface area (Å²) < 4.78 is 0. The molecule has 1 aromatic rings. The van der Waals surface area contributed by atoms with Gasteiger partial charge in [-0.05, 0) is 24.3 Å². The van der Waals surface area contributed by atoms with Gasteiger partial charge in [0.2, 0.25) is 11.8 Å². The van der Waals surface area contributed by atoms with Crippen molar-refractivity contribution in [1.82, 2.24) is 10.2 Å². The predicted octanol–water partition coefficient (Wildman–Crippen LogP) is 2.33. The second-order valence-electron chi connectivity index (χ2n) is 5.21. The zero-order chi connectivity index (χ0) is 16.8. The van der Waals surface area contributed by atoms with E-state index in [0.29, 0.717) is 49.2 Å². The van der Waals surface area contributed by atoms with Gasteiger partial charge in [0.25, 0.3) is 0 Å². The number of hydrogen-bond acceptors (Lipinski definition) is 3. The molecule has 0 saturated carbocycles. The first-order valence-electron chi connectivity index (χ1n) is 7.39. The normalized spacial score (nSPS) is 14.5. The summed E-state index contributed by atoms with van der Waals surface area (Å²) in [5.74, 6) is -0.226. The first-order chi connectivity index (χ1) is 11.0. The molecule has 1 N–H and O–H groups in total. The van der Waals surface area contributed by atoms with Crippen molar-refractivity contribution in [2.45, 2.75) is 6.42 Å². The second kappa shape index (κ2) is 8.22. The number of halogens is 2. The van der Waals surface area contributed by atoms with Crippen LogP contribution in [-0.4, -0.2) is 49.4 Å². The summed E-state index contributed by atoms with van der Waals surface area (Å²) in [5, 5.41) is 3.83. The van der Waals surface area contributed by atoms with Gasteiger partial charge in [0, 0.05) is 44.2 Å². The van der Waals surface area contributed by atoms with Crippen molar-refractivity contribution in [3.63, 3.8) is 0 Å². The van der Waals surface area contributed by atoms with E-state index in [-0.39, 0.29) is 11.8 Å². The van der Waals surface area contributed by atoms with Gasteiger partial charge in [0.15, 0.2) is 0 Å². The number of benzene rings is 1. The van der Waals surface area contributed by atoms with E-state index in [1.807, 2.05) is 12.1 Å². The minimum atomic E-state index is -0.264. The van der Waals surface area contributed by atoms with Gasteiger partial charge >= 0.3 is 0 Å². The highest BCUT2D eigenvalue weighted by Crippen LogP contribution is 2.29. The topological polar surface area (TPSA) is 52.7 Å². The molecule has 1 fully saturated rings. The van der Waals surface area contributed by atoms with E-state index in [9.17, 15) is 9.59 Å². The number of rotatable bonds is 5. The molecule has 1 aliphatic heterocycles. The summed E-state index contributed by atoms with van der Waals surface area (Å²) >= 11 is 12.1. The number of hydrogen-bond donors (Lipinski definition) is 1. The Morgan fingerprint density at radius 2 is 1.91 bits per heavy atom. The van der Waals surface area contributed by atoms with Crippen molar-refractivity contribution in [1.29, 1.82) is 0 Å². The number of anilines is 1. The highest BCUT2D eigenvalue weighted by atomic mass is 35.5. The van der Waals surface area contributed by atoms with Gasteiger partial charge in [-0.2, -0.15) is 0 Å². The Labute approximate surface area is 145 Å². The molecule has 0 unspecified atom stereocenters. The molecule has 0 atom stereocenters. The lowest BCUT2D eigenvalue weighted by Crippen LogP contribution is -2.49. The van der Waals surface area contributed by atoms with Gasteiger partial charge in [0.05, 0.1) is 10.7 Å². The fourth-order valence-corrected chi connectivity index (χ4v) is 2.99. The molecule has 1 heterocycles. The van der Waals surface area contributed by atoms with E-state index in [4.69, 9.17) is 23.2 Å². The van der Waals surface area contributed by atoms with E-state index in [2.05, 4.69) is 16.8 Å². The molecule has 0 radical (unpaired) electrons. The largest absolute Gasteiger partial charge is 0.367 e. The van der Waals surface area contributed by atoms with Crippen LogP contribution in [0.3, 0.4) is 0 Å². The van der Waals surface area contributed by atoms with Crippen LogP contribution in [0, 0.1) is 0 Å². The number of carbonyl (C=O) groups is 2. The molecule has 23 heavy (non-hydrogen) atoms. The first kappa shape index (κ1) is 17.6. The molecule has 0 spiro atoms. The third kappa shape index (κ3) is 4.88. The zero-order valence-electron chi connectivity index (χ0n) is 12.7. The lowest BCUT2D eigenvalue weighted by molar-refractivity contribution is -0.131. The van der Waals surface area contributed by atoms with Gasteiger partial charge < -0.3 is 15.1 Å². The Hall–Kier alpha value is -1.72. The predicted molar refractivity (Wildman–Crippen MR) is 93.1 cm³/mol. The highest BCUT2D eigenvalue weighted by molar-refractivity contribution is 6.36. The Morgan fingerprint density at radius 3 is 2.52 bits per heavy atom. The molecule has 0 bridgehead atoms. The summed E-state index contributed by atoms with van der Waals surface area (Å²) in [6.07, 6.45) is 1.49. The number of nitrogens with one attached hydrogen (secondary N) is 1. The SMILES string of the molecule is C=CC(=O)NCCC(=O)N1CCN(c2ccc(Cl)cc2Cl)CC1. The molecule has 124 valence electrons. The molecular formula is C16H19Cl2N3O2. The summed E-state index contributed by atoms with van der Waals surface area (Å²) in [4.78, 5) is 27.1. The molecule has 2 rings (SSSR count). The van der Waals surface area contributed by atoms with Crippen molar-refractivity contribution < 1.29 is 9.59 Å². The summed E-state index contributed by atoms with van der Waals surface area (Å²) in [5.41, 5.74) is 0.932. The van der Waals surface area contributed by atoms with Crippen molar-refractivity contribution >= 4 is 40.7 Å². The molecule has 0 aliphatic carbocycles. The maximum atomic E-state index is 12.1.